The number of nitriles is 2. The predicted molar refractivity (Wildman–Crippen MR) is 101 cm³/mol. The Morgan fingerprint density at radius 2 is 1.81 bits per heavy atom. The predicted octanol–water partition coefficient (Wildman–Crippen LogP) is 4.08. The molecule has 2 aliphatic heterocycles. The van der Waals surface area contributed by atoms with Crippen LogP contribution in [0.5, 0.6) is 0 Å². The quantitative estimate of drug-likeness (QED) is 0.277. The number of hydrogen-bond acceptors (Lipinski definition) is 4. The fraction of sp³-hybridized carbons (Fsp3) is 0.500. The van der Waals surface area contributed by atoms with Crippen LogP contribution >= 0.6 is 25.4 Å². The van der Waals surface area contributed by atoms with E-state index in [-0.39, 0.29) is 16.7 Å². The van der Waals surface area contributed by atoms with Crippen LogP contribution < -0.4 is 0 Å². The standard InChI is InChI=1S/C10H14N2.2CHNS.2BrH.Sn/c1-3-7-11-9(5-1)10-6-2-4-8-12-10;2*2-1-3;;;/h1,3,5,10H,2,4,6-8H2;2*3H;2*1H;/q-2;;;;;+2/p-4. The van der Waals surface area contributed by atoms with E-state index in [1.807, 2.05) is 0 Å². The summed E-state index contributed by atoms with van der Waals surface area (Å²) in [7, 11) is 0. The van der Waals surface area contributed by atoms with Crippen molar-refractivity contribution >= 4 is 67.4 Å². The topological polar surface area (TPSA) is 75.8 Å². The van der Waals surface area contributed by atoms with Crippen LogP contribution in [0.4, 0.5) is 0 Å². The molecule has 1 atom stereocenters. The molecule has 0 aliphatic carbocycles. The fourth-order valence-electron chi connectivity index (χ4n) is 1.68. The van der Waals surface area contributed by atoms with Crippen LogP contribution in [-0.2, 0) is 25.3 Å². The van der Waals surface area contributed by atoms with Crippen molar-refractivity contribution in [2.24, 2.45) is 0 Å². The van der Waals surface area contributed by atoms with Crippen LogP contribution in [0.25, 0.3) is 10.6 Å². The Balaban J connectivity index is 0. The minimum absolute atomic E-state index is 0.145. The van der Waals surface area contributed by atoms with E-state index in [0.29, 0.717) is 6.04 Å². The average Bonchev–Trinajstić information content (AvgIpc) is 2.51. The third-order valence-corrected chi connectivity index (χ3v) is 2.36. The van der Waals surface area contributed by atoms with Gasteiger partial charge in [-0.05, 0) is 0 Å². The monoisotopic (exact) mass is 556 g/mol. The van der Waals surface area contributed by atoms with Crippen LogP contribution in [0.2, 0.25) is 0 Å². The van der Waals surface area contributed by atoms with Gasteiger partial charge in [0.05, 0.1) is 0 Å². The summed E-state index contributed by atoms with van der Waals surface area (Å²) in [5.74, 6) is 0. The molecule has 0 aromatic carbocycles. The van der Waals surface area contributed by atoms with Crippen molar-refractivity contribution < 1.29 is 0 Å². The molecule has 0 bridgehead atoms. The molecule has 0 spiro atoms. The van der Waals surface area contributed by atoms with E-state index in [0.717, 1.165) is 13.1 Å². The Hall–Kier alpha value is 0.419. The van der Waals surface area contributed by atoms with Crippen molar-refractivity contribution in [1.82, 2.24) is 0 Å². The molecule has 2 aliphatic rings. The zero-order chi connectivity index (χ0) is 16.3. The Labute approximate surface area is 160 Å². The van der Waals surface area contributed by atoms with Crippen molar-refractivity contribution in [1.29, 1.82) is 10.5 Å². The van der Waals surface area contributed by atoms with Crippen LogP contribution in [0.1, 0.15) is 19.3 Å². The summed E-state index contributed by atoms with van der Waals surface area (Å²) < 4.78 is 0. The van der Waals surface area contributed by atoms with Gasteiger partial charge in [0.1, 0.15) is 0 Å². The number of rotatable bonds is 1. The van der Waals surface area contributed by atoms with Gasteiger partial charge in [0, 0.05) is 0 Å². The molecule has 2 radical (unpaired) electrons. The zero-order valence-corrected chi connectivity index (χ0v) is 18.9. The fourth-order valence-corrected chi connectivity index (χ4v) is 1.68. The van der Waals surface area contributed by atoms with Gasteiger partial charge in [-0.3, -0.25) is 0 Å². The van der Waals surface area contributed by atoms with Gasteiger partial charge in [-0.1, -0.05) is 42.2 Å². The van der Waals surface area contributed by atoms with E-state index in [4.69, 9.17) is 10.5 Å². The van der Waals surface area contributed by atoms with Gasteiger partial charge in [0.15, 0.2) is 0 Å². The molecule has 0 aromatic heterocycles. The van der Waals surface area contributed by atoms with Gasteiger partial charge < -0.3 is 35.9 Å². The maximum atomic E-state index is 7.13. The summed E-state index contributed by atoms with van der Waals surface area (Å²) in [5, 5.41) is 25.9. The molecule has 0 N–H and O–H groups in total. The minimum atomic E-state index is -0.145. The number of allylic oxidation sites excluding steroid dienone is 2. The zero-order valence-electron chi connectivity index (χ0n) is 11.2. The van der Waals surface area contributed by atoms with E-state index >= 15 is 0 Å². The summed E-state index contributed by atoms with van der Waals surface area (Å²) in [5.41, 5.74) is 1.19. The summed E-state index contributed by atoms with van der Waals surface area (Å²) in [4.78, 5) is 0. The average molecular weight is 557 g/mol. The molecule has 0 amide bonds. The van der Waals surface area contributed by atoms with Gasteiger partial charge >= 0.3 is 42.1 Å². The van der Waals surface area contributed by atoms with E-state index in [1.54, 1.807) is 0 Å². The summed E-state index contributed by atoms with van der Waals surface area (Å²) in [6.45, 7) is 1.87. The molecule has 2 heterocycles. The van der Waals surface area contributed by atoms with Crippen molar-refractivity contribution in [3.63, 3.8) is 0 Å². The molecule has 0 aromatic rings. The molecule has 1 fully saturated rings. The first-order valence-electron chi connectivity index (χ1n) is 5.91. The maximum absolute atomic E-state index is 7.13. The van der Waals surface area contributed by atoms with Crippen LogP contribution in [0.3, 0.4) is 0 Å². The third-order valence-electron chi connectivity index (χ3n) is 2.36. The Morgan fingerprint density at radius 1 is 1.24 bits per heavy atom. The second-order valence-corrected chi connectivity index (χ2v) is 16.8. The van der Waals surface area contributed by atoms with Gasteiger partial charge in [-0.15, -0.1) is 25.2 Å². The van der Waals surface area contributed by atoms with Crippen LogP contribution in [-0.4, -0.2) is 35.8 Å². The molecule has 2 rings (SSSR count). The van der Waals surface area contributed by atoms with Gasteiger partial charge in [0.2, 0.25) is 0 Å². The summed E-state index contributed by atoms with van der Waals surface area (Å²) >= 11 is 13.7. The van der Waals surface area contributed by atoms with Crippen molar-refractivity contribution in [3.05, 3.63) is 34.6 Å². The van der Waals surface area contributed by atoms with Gasteiger partial charge in [0.25, 0.3) is 0 Å². The summed E-state index contributed by atoms with van der Waals surface area (Å²) in [6, 6.07) is 0.406. The molecule has 1 unspecified atom stereocenters. The second kappa shape index (κ2) is 20.4. The molecular weight excluding hydrogens is 543 g/mol. The number of thiocyanates is 2. The van der Waals surface area contributed by atoms with Gasteiger partial charge in [-0.2, -0.15) is 5.70 Å². The number of halogens is 2. The van der Waals surface area contributed by atoms with E-state index in [9.17, 15) is 0 Å². The van der Waals surface area contributed by atoms with Crippen LogP contribution in [0.15, 0.2) is 23.9 Å². The molecule has 0 saturated carbocycles. The van der Waals surface area contributed by atoms with Crippen molar-refractivity contribution in [2.45, 2.75) is 25.3 Å². The molecule has 4 nitrogen and oxygen atoms in total. The molecule has 1 saturated heterocycles. The molecule has 21 heavy (non-hydrogen) atoms. The SMILES string of the molecule is C1=CC[N-]C(C2CCCC[N-]2)=C1.N#C[S-].N#C[S-].[Br][Sn][Br]. The molecule has 9 heteroatoms. The Kier molecular flexibility index (Phi) is 23.0. The normalized spacial score (nSPS) is 18.3. The van der Waals surface area contributed by atoms with Crippen molar-refractivity contribution in [3.8, 4) is 10.8 Å². The van der Waals surface area contributed by atoms with E-state index < -0.39 is 0 Å². The first-order chi connectivity index (χ1) is 10.2. The number of hydrogen-bond donors (Lipinski definition) is 0. The van der Waals surface area contributed by atoms with E-state index in [1.165, 1.54) is 35.8 Å². The number of nitrogens with zero attached hydrogens (tertiary/aromatic N) is 4. The first-order valence-corrected chi connectivity index (χ1v) is 19.5. The second-order valence-electron chi connectivity index (χ2n) is 3.53. The van der Waals surface area contributed by atoms with Gasteiger partial charge in [-0.25, -0.2) is 10.5 Å². The van der Waals surface area contributed by atoms with Crippen molar-refractivity contribution in [2.75, 3.05) is 13.1 Å². The molecule has 116 valence electrons. The van der Waals surface area contributed by atoms with Crippen LogP contribution in [0, 0.1) is 21.3 Å². The first kappa shape index (κ1) is 23.7. The Bertz CT molecular complexity index is 362. The Morgan fingerprint density at radius 3 is 2.19 bits per heavy atom. The third kappa shape index (κ3) is 16.6. The number of piperidine rings is 1. The molecular formula is C12H14Br2N4S2Sn-4. The van der Waals surface area contributed by atoms with E-state index in [2.05, 4.69) is 79.5 Å². The summed E-state index contributed by atoms with van der Waals surface area (Å²) in [6.07, 6.45) is 10.0.